The predicted octanol–water partition coefficient (Wildman–Crippen LogP) is 6.52. The molecule has 6 nitrogen and oxygen atoms in total. The second-order valence-electron chi connectivity index (χ2n) is 9.02. The van der Waals surface area contributed by atoms with Crippen LogP contribution in [0.15, 0.2) is 54.6 Å². The smallest absolute Gasteiger partial charge is 0.328 e. The Morgan fingerprint density at radius 3 is 2.24 bits per heavy atom. The molecule has 1 spiro atoms. The molecule has 37 heavy (non-hydrogen) atoms. The number of rotatable bonds is 6. The number of methoxy groups -OCH3 is 1. The highest BCUT2D eigenvalue weighted by molar-refractivity contribution is 6.42. The third kappa shape index (κ3) is 4.57. The summed E-state index contributed by atoms with van der Waals surface area (Å²) in [7, 11) is 1.24. The van der Waals surface area contributed by atoms with Crippen LogP contribution in [0, 0.1) is 0 Å². The van der Waals surface area contributed by atoms with E-state index in [0.717, 1.165) is 29.7 Å². The molecule has 1 N–H and O–H groups in total. The number of halogens is 4. The van der Waals surface area contributed by atoms with Crippen molar-refractivity contribution in [2.45, 2.75) is 30.7 Å². The largest absolute Gasteiger partial charge is 0.467 e. The molecule has 0 saturated heterocycles. The molecule has 0 aromatic heterocycles. The Balaban J connectivity index is 1.38. The lowest BCUT2D eigenvalue weighted by atomic mass is 9.98. The number of amides is 2. The molecule has 3 aromatic rings. The second kappa shape index (κ2) is 9.84. The van der Waals surface area contributed by atoms with Crippen molar-refractivity contribution in [1.82, 2.24) is 5.32 Å². The number of ether oxygens (including phenoxy) is 1. The van der Waals surface area contributed by atoms with Gasteiger partial charge in [0, 0.05) is 17.1 Å². The average molecular weight is 578 g/mol. The number of carbonyl (C=O) groups is 3. The zero-order chi connectivity index (χ0) is 26.5. The first-order valence-electron chi connectivity index (χ1n) is 11.4. The summed E-state index contributed by atoms with van der Waals surface area (Å²) in [6.07, 6.45) is 1.74. The zero-order valence-electron chi connectivity index (χ0n) is 19.5. The van der Waals surface area contributed by atoms with E-state index in [9.17, 15) is 14.4 Å². The Kier molecular flexibility index (Phi) is 6.88. The second-order valence-corrected chi connectivity index (χ2v) is 10.7. The van der Waals surface area contributed by atoms with Gasteiger partial charge in [-0.25, -0.2) is 4.79 Å². The molecule has 190 valence electrons. The third-order valence-corrected chi connectivity index (χ3v) is 7.87. The number of esters is 1. The van der Waals surface area contributed by atoms with Gasteiger partial charge < -0.3 is 10.1 Å². The first-order valence-corrected chi connectivity index (χ1v) is 12.9. The van der Waals surface area contributed by atoms with Crippen LogP contribution in [-0.4, -0.2) is 30.9 Å². The standard InChI is InChI=1S/C27H20Cl4N2O4/c1-37-25(35)21(32-24(34)22-19(30)12-15(28)13-20(22)31)11-14-5-7-16(8-6-14)33-23-17(3-2-4-18(23)29)27(9-10-27)26(33)36/h2-8,12-13,21H,9-11H2,1H3,(H,32,34)/t21-/m0/s1. The zero-order valence-corrected chi connectivity index (χ0v) is 22.5. The summed E-state index contributed by atoms with van der Waals surface area (Å²) < 4.78 is 4.89. The molecule has 2 amide bonds. The van der Waals surface area contributed by atoms with Crippen LogP contribution in [0.3, 0.4) is 0 Å². The van der Waals surface area contributed by atoms with E-state index in [1.165, 1.54) is 19.2 Å². The van der Waals surface area contributed by atoms with Crippen molar-refractivity contribution in [3.8, 4) is 0 Å². The van der Waals surface area contributed by atoms with E-state index in [4.69, 9.17) is 51.1 Å². The normalized spacial score (nSPS) is 15.9. The number of nitrogens with one attached hydrogen (secondary N) is 1. The van der Waals surface area contributed by atoms with E-state index >= 15 is 0 Å². The molecule has 1 saturated carbocycles. The van der Waals surface area contributed by atoms with E-state index in [2.05, 4.69) is 5.32 Å². The van der Waals surface area contributed by atoms with Gasteiger partial charge in [0.25, 0.3) is 5.91 Å². The summed E-state index contributed by atoms with van der Waals surface area (Å²) in [5.41, 5.74) is 2.61. The van der Waals surface area contributed by atoms with E-state index in [-0.39, 0.29) is 33.0 Å². The minimum Gasteiger partial charge on any atom is -0.467 e. The minimum atomic E-state index is -1.01. The molecule has 0 radical (unpaired) electrons. The van der Waals surface area contributed by atoms with Gasteiger partial charge in [-0.2, -0.15) is 0 Å². The highest BCUT2D eigenvalue weighted by Gasteiger charge is 2.60. The summed E-state index contributed by atoms with van der Waals surface area (Å²) in [5, 5.41) is 3.57. The number of para-hydroxylation sites is 1. The fourth-order valence-corrected chi connectivity index (χ4v) is 6.00. The predicted molar refractivity (Wildman–Crippen MR) is 144 cm³/mol. The van der Waals surface area contributed by atoms with Crippen molar-refractivity contribution in [1.29, 1.82) is 0 Å². The third-order valence-electron chi connectivity index (χ3n) is 6.75. The van der Waals surface area contributed by atoms with Gasteiger partial charge in [-0.1, -0.05) is 70.7 Å². The molecular weight excluding hydrogens is 558 g/mol. The summed E-state index contributed by atoms with van der Waals surface area (Å²) >= 11 is 24.8. The van der Waals surface area contributed by atoms with Crippen LogP contribution >= 0.6 is 46.4 Å². The van der Waals surface area contributed by atoms with E-state index in [1.807, 2.05) is 12.1 Å². The van der Waals surface area contributed by atoms with Crippen molar-refractivity contribution >= 4 is 75.6 Å². The molecule has 1 atom stereocenters. The Morgan fingerprint density at radius 2 is 1.65 bits per heavy atom. The lowest BCUT2D eigenvalue weighted by Crippen LogP contribution is -2.43. The van der Waals surface area contributed by atoms with Crippen molar-refractivity contribution in [3.63, 3.8) is 0 Å². The molecular formula is C27H20Cl4N2O4. The minimum absolute atomic E-state index is 0.00841. The van der Waals surface area contributed by atoms with Crippen LogP contribution in [0.1, 0.15) is 34.3 Å². The van der Waals surface area contributed by atoms with Gasteiger partial charge in [0.1, 0.15) is 6.04 Å². The number of anilines is 2. The first kappa shape index (κ1) is 25.9. The van der Waals surface area contributed by atoms with Gasteiger partial charge in [-0.05, 0) is 54.3 Å². The van der Waals surface area contributed by atoms with Gasteiger partial charge in [-0.3, -0.25) is 14.5 Å². The van der Waals surface area contributed by atoms with Gasteiger partial charge >= 0.3 is 5.97 Å². The van der Waals surface area contributed by atoms with Crippen LogP contribution < -0.4 is 10.2 Å². The average Bonchev–Trinajstić information content (AvgIpc) is 3.62. The number of nitrogens with zero attached hydrogens (tertiary/aromatic N) is 1. The molecule has 0 bridgehead atoms. The topological polar surface area (TPSA) is 75.7 Å². The summed E-state index contributed by atoms with van der Waals surface area (Å²) in [6, 6.07) is 14.6. The Labute approximate surface area is 233 Å². The van der Waals surface area contributed by atoms with Gasteiger partial charge in [-0.15, -0.1) is 0 Å². The number of fused-ring (bicyclic) bond motifs is 2. The van der Waals surface area contributed by atoms with Crippen molar-refractivity contribution < 1.29 is 19.1 Å². The SMILES string of the molecule is COC(=O)[C@H](Cc1ccc(N2C(=O)C3(CC3)c3cccc(Cl)c32)cc1)NC(=O)c1c(Cl)cc(Cl)cc1Cl. The maximum Gasteiger partial charge on any atom is 0.328 e. The molecule has 0 unspecified atom stereocenters. The van der Waals surface area contributed by atoms with E-state index in [0.29, 0.717) is 10.7 Å². The highest BCUT2D eigenvalue weighted by Crippen LogP contribution is 2.60. The molecule has 1 aliphatic heterocycles. The monoisotopic (exact) mass is 576 g/mol. The van der Waals surface area contributed by atoms with Crippen LogP contribution in [0.4, 0.5) is 11.4 Å². The first-order chi connectivity index (χ1) is 17.7. The Morgan fingerprint density at radius 1 is 1.00 bits per heavy atom. The number of hydrogen-bond acceptors (Lipinski definition) is 4. The molecule has 2 aliphatic rings. The maximum atomic E-state index is 13.4. The number of hydrogen-bond donors (Lipinski definition) is 1. The molecule has 10 heteroatoms. The van der Waals surface area contributed by atoms with E-state index < -0.39 is 23.3 Å². The molecule has 5 rings (SSSR count). The fourth-order valence-electron chi connectivity index (χ4n) is 4.76. The van der Waals surface area contributed by atoms with Crippen molar-refractivity contribution in [2.75, 3.05) is 12.0 Å². The molecule has 1 aliphatic carbocycles. The fraction of sp³-hybridized carbons (Fsp3) is 0.222. The molecule has 3 aromatic carbocycles. The number of carbonyl (C=O) groups excluding carboxylic acids is 3. The van der Waals surface area contributed by atoms with Gasteiger partial charge in [0.15, 0.2) is 0 Å². The summed E-state index contributed by atoms with van der Waals surface area (Å²) in [4.78, 5) is 40.4. The van der Waals surface area contributed by atoms with Gasteiger partial charge in [0.2, 0.25) is 5.91 Å². The van der Waals surface area contributed by atoms with Crippen LogP contribution in [0.2, 0.25) is 20.1 Å². The highest BCUT2D eigenvalue weighted by atomic mass is 35.5. The lowest BCUT2D eigenvalue weighted by Gasteiger charge is -2.21. The lowest BCUT2D eigenvalue weighted by molar-refractivity contribution is -0.142. The summed E-state index contributed by atoms with van der Waals surface area (Å²) in [5.74, 6) is -1.26. The number of benzene rings is 3. The molecule has 1 heterocycles. The van der Waals surface area contributed by atoms with Gasteiger partial charge in [0.05, 0.1) is 38.8 Å². The van der Waals surface area contributed by atoms with Crippen LogP contribution in [-0.2, 0) is 26.2 Å². The molecule has 1 fully saturated rings. The van der Waals surface area contributed by atoms with Crippen molar-refractivity contribution in [2.24, 2.45) is 0 Å². The Hall–Kier alpha value is -2.77. The Bertz CT molecular complexity index is 1410. The van der Waals surface area contributed by atoms with E-state index in [1.54, 1.807) is 35.2 Å². The quantitative estimate of drug-likeness (QED) is 0.338. The maximum absolute atomic E-state index is 13.4. The van der Waals surface area contributed by atoms with Crippen molar-refractivity contribution in [3.05, 3.63) is 91.4 Å². The summed E-state index contributed by atoms with van der Waals surface area (Å²) in [6.45, 7) is 0. The van der Waals surface area contributed by atoms with Crippen LogP contribution in [0.25, 0.3) is 0 Å². The van der Waals surface area contributed by atoms with Crippen LogP contribution in [0.5, 0.6) is 0 Å².